The molecule has 1 aromatic carbocycles. The molecule has 116 valence electrons. The smallest absolute Gasteiger partial charge is 0.314 e. The molecule has 0 heterocycles. The van der Waals surface area contributed by atoms with Crippen LogP contribution in [0, 0.1) is 12.8 Å². The number of benzene rings is 1. The lowest BCUT2D eigenvalue weighted by Crippen LogP contribution is -2.38. The van der Waals surface area contributed by atoms with Crippen LogP contribution in [-0.4, -0.2) is 36.8 Å². The predicted molar refractivity (Wildman–Crippen MR) is 79.5 cm³/mol. The summed E-state index contributed by atoms with van der Waals surface area (Å²) < 4.78 is 5.49. The Morgan fingerprint density at radius 1 is 1.29 bits per heavy atom. The van der Waals surface area contributed by atoms with Crippen LogP contribution >= 0.6 is 0 Å². The number of rotatable bonds is 8. The van der Waals surface area contributed by atoms with E-state index in [1.54, 1.807) is 6.92 Å². The lowest BCUT2D eigenvalue weighted by atomic mass is 10.1. The van der Waals surface area contributed by atoms with Gasteiger partial charge in [0.1, 0.15) is 12.4 Å². The van der Waals surface area contributed by atoms with E-state index >= 15 is 0 Å². The van der Waals surface area contributed by atoms with Gasteiger partial charge in [0.2, 0.25) is 0 Å². The molecule has 6 heteroatoms. The van der Waals surface area contributed by atoms with Crippen molar-refractivity contribution in [2.75, 3.05) is 19.7 Å². The van der Waals surface area contributed by atoms with Crippen LogP contribution in [0.3, 0.4) is 0 Å². The number of nitrogens with one attached hydrogen (secondary N) is 2. The van der Waals surface area contributed by atoms with Crippen LogP contribution in [0.25, 0.3) is 0 Å². The third-order valence-corrected chi connectivity index (χ3v) is 2.93. The fourth-order valence-electron chi connectivity index (χ4n) is 1.63. The van der Waals surface area contributed by atoms with Gasteiger partial charge in [-0.05, 0) is 31.0 Å². The molecular weight excluding hydrogens is 272 g/mol. The third kappa shape index (κ3) is 7.20. The summed E-state index contributed by atoms with van der Waals surface area (Å²) in [6.45, 7) is 4.68. The first kappa shape index (κ1) is 16.8. The first-order chi connectivity index (χ1) is 9.99. The van der Waals surface area contributed by atoms with Crippen molar-refractivity contribution in [3.8, 4) is 5.75 Å². The van der Waals surface area contributed by atoms with E-state index in [4.69, 9.17) is 9.84 Å². The quantitative estimate of drug-likeness (QED) is 0.638. The number of amides is 2. The molecule has 0 aromatic heterocycles. The van der Waals surface area contributed by atoms with Crippen LogP contribution in [-0.2, 0) is 4.79 Å². The van der Waals surface area contributed by atoms with Gasteiger partial charge < -0.3 is 20.5 Å². The second kappa shape index (κ2) is 8.84. The van der Waals surface area contributed by atoms with Crippen molar-refractivity contribution in [3.05, 3.63) is 29.8 Å². The summed E-state index contributed by atoms with van der Waals surface area (Å²) in [5, 5.41) is 14.0. The Labute approximate surface area is 124 Å². The Hall–Kier alpha value is -2.24. The molecule has 1 unspecified atom stereocenters. The van der Waals surface area contributed by atoms with Gasteiger partial charge in [-0.15, -0.1) is 0 Å². The second-order valence-corrected chi connectivity index (χ2v) is 4.88. The maximum absolute atomic E-state index is 11.4. The number of aryl methyl sites for hydroxylation is 1. The standard InChI is InChI=1S/C15H22N2O4/c1-11-4-3-5-13(10-11)21-9-8-17-15(20)16-7-6-12(2)14(18)19/h3-5,10,12H,6-9H2,1-2H3,(H,18,19)(H2,16,17,20). The molecule has 0 saturated heterocycles. The van der Waals surface area contributed by atoms with E-state index in [0.29, 0.717) is 26.1 Å². The number of urea groups is 1. The summed E-state index contributed by atoms with van der Waals surface area (Å²) in [6.07, 6.45) is 0.405. The maximum Gasteiger partial charge on any atom is 0.314 e. The minimum absolute atomic E-state index is 0.319. The zero-order valence-electron chi connectivity index (χ0n) is 12.4. The van der Waals surface area contributed by atoms with Crippen molar-refractivity contribution in [2.24, 2.45) is 5.92 Å². The molecule has 1 rings (SSSR count). The van der Waals surface area contributed by atoms with E-state index in [2.05, 4.69) is 10.6 Å². The van der Waals surface area contributed by atoms with Crippen molar-refractivity contribution in [1.82, 2.24) is 10.6 Å². The SMILES string of the molecule is Cc1cccc(OCCNC(=O)NCCC(C)C(=O)O)c1. The predicted octanol–water partition coefficient (Wildman–Crippen LogP) is 1.78. The Morgan fingerprint density at radius 2 is 2.00 bits per heavy atom. The zero-order valence-corrected chi connectivity index (χ0v) is 12.4. The fourth-order valence-corrected chi connectivity index (χ4v) is 1.63. The lowest BCUT2D eigenvalue weighted by Gasteiger charge is -2.10. The van der Waals surface area contributed by atoms with E-state index < -0.39 is 11.9 Å². The van der Waals surface area contributed by atoms with Gasteiger partial charge >= 0.3 is 12.0 Å². The summed E-state index contributed by atoms with van der Waals surface area (Å²) in [7, 11) is 0. The number of carboxylic acids is 1. The molecule has 0 bridgehead atoms. The van der Waals surface area contributed by atoms with E-state index in [1.807, 2.05) is 31.2 Å². The van der Waals surface area contributed by atoms with Crippen LogP contribution < -0.4 is 15.4 Å². The van der Waals surface area contributed by atoms with Crippen molar-refractivity contribution >= 4 is 12.0 Å². The molecule has 3 N–H and O–H groups in total. The van der Waals surface area contributed by atoms with Crippen molar-refractivity contribution < 1.29 is 19.4 Å². The topological polar surface area (TPSA) is 87.7 Å². The van der Waals surface area contributed by atoms with Crippen molar-refractivity contribution in [2.45, 2.75) is 20.3 Å². The first-order valence-electron chi connectivity index (χ1n) is 6.93. The number of hydrogen-bond donors (Lipinski definition) is 3. The highest BCUT2D eigenvalue weighted by Crippen LogP contribution is 2.11. The number of carboxylic acid groups (broad SMARTS) is 1. The Kier molecular flexibility index (Phi) is 7.08. The molecule has 0 fully saturated rings. The average molecular weight is 294 g/mol. The molecule has 0 aliphatic heterocycles. The third-order valence-electron chi connectivity index (χ3n) is 2.93. The fraction of sp³-hybridized carbons (Fsp3) is 0.467. The number of ether oxygens (including phenoxy) is 1. The molecule has 2 amide bonds. The van der Waals surface area contributed by atoms with Crippen LogP contribution in [0.15, 0.2) is 24.3 Å². The minimum Gasteiger partial charge on any atom is -0.492 e. The molecule has 0 aliphatic rings. The van der Waals surface area contributed by atoms with Crippen LogP contribution in [0.5, 0.6) is 5.75 Å². The summed E-state index contributed by atoms with van der Waals surface area (Å²) in [6, 6.07) is 7.36. The molecule has 6 nitrogen and oxygen atoms in total. The normalized spacial score (nSPS) is 11.5. The minimum atomic E-state index is -0.858. The van der Waals surface area contributed by atoms with E-state index in [9.17, 15) is 9.59 Å². The zero-order chi connectivity index (χ0) is 15.7. The Bertz CT molecular complexity index is 476. The lowest BCUT2D eigenvalue weighted by molar-refractivity contribution is -0.141. The van der Waals surface area contributed by atoms with Gasteiger partial charge in [-0.3, -0.25) is 4.79 Å². The van der Waals surface area contributed by atoms with Gasteiger partial charge in [0.05, 0.1) is 12.5 Å². The molecule has 0 saturated carbocycles. The Morgan fingerprint density at radius 3 is 2.67 bits per heavy atom. The highest BCUT2D eigenvalue weighted by atomic mass is 16.5. The van der Waals surface area contributed by atoms with Gasteiger partial charge in [0.25, 0.3) is 0 Å². The highest BCUT2D eigenvalue weighted by molar-refractivity contribution is 5.74. The van der Waals surface area contributed by atoms with Crippen LogP contribution in [0.1, 0.15) is 18.9 Å². The van der Waals surface area contributed by atoms with Crippen LogP contribution in [0.2, 0.25) is 0 Å². The summed E-state index contributed by atoms with van der Waals surface area (Å²) in [4.78, 5) is 22.0. The van der Waals surface area contributed by atoms with E-state index in [0.717, 1.165) is 11.3 Å². The number of hydrogen-bond acceptors (Lipinski definition) is 3. The molecule has 1 aromatic rings. The molecule has 21 heavy (non-hydrogen) atoms. The number of carbonyl (C=O) groups is 2. The first-order valence-corrected chi connectivity index (χ1v) is 6.93. The highest BCUT2D eigenvalue weighted by Gasteiger charge is 2.10. The van der Waals surface area contributed by atoms with Gasteiger partial charge in [-0.25, -0.2) is 4.79 Å². The molecule has 0 spiro atoms. The Balaban J connectivity index is 2.09. The summed E-state index contributed by atoms with van der Waals surface area (Å²) in [5.74, 6) is -0.550. The van der Waals surface area contributed by atoms with E-state index in [1.165, 1.54) is 0 Å². The van der Waals surface area contributed by atoms with Gasteiger partial charge in [0.15, 0.2) is 0 Å². The van der Waals surface area contributed by atoms with Crippen LogP contribution in [0.4, 0.5) is 4.79 Å². The monoisotopic (exact) mass is 294 g/mol. The average Bonchev–Trinajstić information content (AvgIpc) is 2.43. The van der Waals surface area contributed by atoms with Gasteiger partial charge in [-0.2, -0.15) is 0 Å². The molecule has 0 radical (unpaired) electrons. The summed E-state index contributed by atoms with van der Waals surface area (Å²) in [5.41, 5.74) is 1.12. The number of carbonyl (C=O) groups excluding carboxylic acids is 1. The summed E-state index contributed by atoms with van der Waals surface area (Å²) >= 11 is 0. The number of aliphatic carboxylic acids is 1. The molecule has 1 atom stereocenters. The van der Waals surface area contributed by atoms with Gasteiger partial charge in [-0.1, -0.05) is 19.1 Å². The van der Waals surface area contributed by atoms with Gasteiger partial charge in [0, 0.05) is 6.54 Å². The van der Waals surface area contributed by atoms with Crippen molar-refractivity contribution in [3.63, 3.8) is 0 Å². The largest absolute Gasteiger partial charge is 0.492 e. The van der Waals surface area contributed by atoms with Crippen molar-refractivity contribution in [1.29, 1.82) is 0 Å². The van der Waals surface area contributed by atoms with E-state index in [-0.39, 0.29) is 6.03 Å². The maximum atomic E-state index is 11.4. The molecule has 0 aliphatic carbocycles. The second-order valence-electron chi connectivity index (χ2n) is 4.88. The molecular formula is C15H22N2O4.